The normalized spacial score (nSPS) is 10.3. The Balaban J connectivity index is 2.52. The minimum Gasteiger partial charge on any atom is -0.264 e. The van der Waals surface area contributed by atoms with Crippen molar-refractivity contribution in [2.75, 3.05) is 6.54 Å². The van der Waals surface area contributed by atoms with Crippen LogP contribution in [0.2, 0.25) is 0 Å². The monoisotopic (exact) mass is 162 g/mol. The SMILES string of the molecule is O=[N+]([O-])C[C]=Cc1ccccc1. The maximum absolute atomic E-state index is 9.91. The minimum atomic E-state index is -0.417. The predicted molar refractivity (Wildman–Crippen MR) is 46.0 cm³/mol. The zero-order valence-corrected chi connectivity index (χ0v) is 6.43. The zero-order valence-electron chi connectivity index (χ0n) is 6.43. The topological polar surface area (TPSA) is 43.1 Å². The zero-order chi connectivity index (χ0) is 8.81. The summed E-state index contributed by atoms with van der Waals surface area (Å²) in [6.07, 6.45) is 4.19. The molecule has 0 unspecified atom stereocenters. The molecule has 0 heterocycles. The van der Waals surface area contributed by atoms with E-state index in [-0.39, 0.29) is 6.54 Å². The van der Waals surface area contributed by atoms with E-state index in [0.29, 0.717) is 0 Å². The highest BCUT2D eigenvalue weighted by molar-refractivity contribution is 5.46. The van der Waals surface area contributed by atoms with E-state index >= 15 is 0 Å². The number of nitrogens with zero attached hydrogens (tertiary/aromatic N) is 1. The molecule has 0 saturated carbocycles. The van der Waals surface area contributed by atoms with E-state index in [1.807, 2.05) is 30.3 Å². The van der Waals surface area contributed by atoms with E-state index in [9.17, 15) is 10.1 Å². The van der Waals surface area contributed by atoms with Gasteiger partial charge >= 0.3 is 0 Å². The second-order valence-electron chi connectivity index (χ2n) is 2.25. The minimum absolute atomic E-state index is 0.241. The highest BCUT2D eigenvalue weighted by atomic mass is 16.6. The summed E-state index contributed by atoms with van der Waals surface area (Å²) in [5.74, 6) is 0. The standard InChI is InChI=1S/C9H8NO2/c11-10(12)8-4-7-9-5-2-1-3-6-9/h1-3,5-7H,8H2. The molecule has 0 fully saturated rings. The fourth-order valence-electron chi connectivity index (χ4n) is 0.787. The third-order valence-electron chi connectivity index (χ3n) is 1.29. The number of hydrogen-bond donors (Lipinski definition) is 0. The second-order valence-corrected chi connectivity index (χ2v) is 2.25. The molecule has 0 aliphatic carbocycles. The van der Waals surface area contributed by atoms with Gasteiger partial charge in [0.25, 0.3) is 0 Å². The molecule has 1 radical (unpaired) electrons. The molecule has 12 heavy (non-hydrogen) atoms. The molecule has 0 atom stereocenters. The van der Waals surface area contributed by atoms with Crippen LogP contribution in [0, 0.1) is 16.2 Å². The van der Waals surface area contributed by atoms with Crippen LogP contribution in [0.15, 0.2) is 30.3 Å². The van der Waals surface area contributed by atoms with Crippen LogP contribution in [0.25, 0.3) is 6.08 Å². The lowest BCUT2D eigenvalue weighted by atomic mass is 10.2. The number of hydrogen-bond acceptors (Lipinski definition) is 2. The molecule has 0 amide bonds. The van der Waals surface area contributed by atoms with Gasteiger partial charge in [-0.25, -0.2) is 0 Å². The van der Waals surface area contributed by atoms with Crippen LogP contribution in [-0.2, 0) is 0 Å². The summed E-state index contributed by atoms with van der Waals surface area (Å²) < 4.78 is 0. The van der Waals surface area contributed by atoms with Gasteiger partial charge in [-0.3, -0.25) is 10.1 Å². The highest BCUT2D eigenvalue weighted by Gasteiger charge is 1.89. The molecule has 0 aliphatic heterocycles. The van der Waals surface area contributed by atoms with Gasteiger partial charge in [0.1, 0.15) is 0 Å². The first-order valence-corrected chi connectivity index (χ1v) is 3.52. The van der Waals surface area contributed by atoms with E-state index in [4.69, 9.17) is 0 Å². The van der Waals surface area contributed by atoms with Gasteiger partial charge in [-0.2, -0.15) is 0 Å². The summed E-state index contributed by atoms with van der Waals surface area (Å²) in [6.45, 7) is -0.241. The van der Waals surface area contributed by atoms with Gasteiger partial charge in [-0.1, -0.05) is 30.3 Å². The molecular formula is C9H8NO2. The first-order valence-electron chi connectivity index (χ1n) is 3.52. The Kier molecular flexibility index (Phi) is 3.02. The van der Waals surface area contributed by atoms with E-state index in [1.54, 1.807) is 6.08 Å². The number of benzene rings is 1. The molecule has 0 N–H and O–H groups in total. The van der Waals surface area contributed by atoms with Gasteiger partial charge in [-0.15, -0.1) is 0 Å². The number of nitro groups is 1. The molecule has 1 aromatic rings. The molecule has 1 aromatic carbocycles. The Bertz CT molecular complexity index is 280. The van der Waals surface area contributed by atoms with Gasteiger partial charge in [0, 0.05) is 11.0 Å². The predicted octanol–water partition coefficient (Wildman–Crippen LogP) is 1.78. The van der Waals surface area contributed by atoms with Crippen LogP contribution in [-0.4, -0.2) is 11.5 Å². The Labute approximate surface area is 70.5 Å². The lowest BCUT2D eigenvalue weighted by molar-refractivity contribution is -0.470. The van der Waals surface area contributed by atoms with Gasteiger partial charge in [0.15, 0.2) is 0 Å². The van der Waals surface area contributed by atoms with Crippen molar-refractivity contribution in [3.63, 3.8) is 0 Å². The lowest BCUT2D eigenvalue weighted by Crippen LogP contribution is -1.95. The fraction of sp³-hybridized carbons (Fsp3) is 0.111. The van der Waals surface area contributed by atoms with Gasteiger partial charge < -0.3 is 0 Å². The Morgan fingerprint density at radius 2 is 2.08 bits per heavy atom. The average molecular weight is 162 g/mol. The van der Waals surface area contributed by atoms with Crippen molar-refractivity contribution in [2.24, 2.45) is 0 Å². The molecule has 61 valence electrons. The van der Waals surface area contributed by atoms with E-state index in [0.717, 1.165) is 5.56 Å². The lowest BCUT2D eigenvalue weighted by Gasteiger charge is -1.88. The average Bonchev–Trinajstić information content (AvgIpc) is 2.05. The Morgan fingerprint density at radius 3 is 2.67 bits per heavy atom. The summed E-state index contributed by atoms with van der Waals surface area (Å²) in [6, 6.07) is 9.38. The summed E-state index contributed by atoms with van der Waals surface area (Å²) in [7, 11) is 0. The summed E-state index contributed by atoms with van der Waals surface area (Å²) in [4.78, 5) is 9.50. The summed E-state index contributed by atoms with van der Waals surface area (Å²) >= 11 is 0. The van der Waals surface area contributed by atoms with Crippen molar-refractivity contribution in [3.8, 4) is 0 Å². The van der Waals surface area contributed by atoms with Crippen LogP contribution in [0.4, 0.5) is 0 Å². The molecule has 0 aromatic heterocycles. The van der Waals surface area contributed by atoms with Crippen LogP contribution < -0.4 is 0 Å². The fourth-order valence-corrected chi connectivity index (χ4v) is 0.787. The summed E-state index contributed by atoms with van der Waals surface area (Å²) in [5.41, 5.74) is 0.930. The van der Waals surface area contributed by atoms with Crippen molar-refractivity contribution < 1.29 is 4.92 Å². The van der Waals surface area contributed by atoms with E-state index < -0.39 is 4.92 Å². The molecule has 0 bridgehead atoms. The Morgan fingerprint density at radius 1 is 1.42 bits per heavy atom. The first-order chi connectivity index (χ1) is 5.79. The Hall–Kier alpha value is -1.64. The van der Waals surface area contributed by atoms with Crippen molar-refractivity contribution in [1.82, 2.24) is 0 Å². The second kappa shape index (κ2) is 4.28. The van der Waals surface area contributed by atoms with Gasteiger partial charge in [-0.05, 0) is 11.6 Å². The van der Waals surface area contributed by atoms with Crippen molar-refractivity contribution in [1.29, 1.82) is 0 Å². The molecule has 0 saturated heterocycles. The van der Waals surface area contributed by atoms with Crippen LogP contribution in [0.3, 0.4) is 0 Å². The smallest absolute Gasteiger partial charge is 0.229 e. The van der Waals surface area contributed by atoms with Crippen molar-refractivity contribution in [2.45, 2.75) is 0 Å². The third-order valence-corrected chi connectivity index (χ3v) is 1.29. The van der Waals surface area contributed by atoms with E-state index in [2.05, 4.69) is 6.08 Å². The molecule has 0 aliphatic rings. The summed E-state index contributed by atoms with van der Waals surface area (Å²) in [5, 5.41) is 9.91. The molecular weight excluding hydrogens is 154 g/mol. The molecule has 1 rings (SSSR count). The van der Waals surface area contributed by atoms with Crippen LogP contribution in [0.5, 0.6) is 0 Å². The molecule has 3 heteroatoms. The van der Waals surface area contributed by atoms with Crippen LogP contribution >= 0.6 is 0 Å². The molecule has 0 spiro atoms. The molecule has 3 nitrogen and oxygen atoms in total. The van der Waals surface area contributed by atoms with E-state index in [1.165, 1.54) is 0 Å². The largest absolute Gasteiger partial charge is 0.264 e. The van der Waals surface area contributed by atoms with Gasteiger partial charge in [0.05, 0.1) is 0 Å². The van der Waals surface area contributed by atoms with Crippen molar-refractivity contribution >= 4 is 6.08 Å². The quantitative estimate of drug-likeness (QED) is 0.502. The van der Waals surface area contributed by atoms with Crippen molar-refractivity contribution in [3.05, 3.63) is 52.1 Å². The first kappa shape index (κ1) is 8.46. The third kappa shape index (κ3) is 2.96. The van der Waals surface area contributed by atoms with Crippen LogP contribution in [0.1, 0.15) is 5.56 Å². The maximum atomic E-state index is 9.91. The number of rotatable bonds is 3. The van der Waals surface area contributed by atoms with Gasteiger partial charge in [0.2, 0.25) is 6.54 Å². The highest BCUT2D eigenvalue weighted by Crippen LogP contribution is 1.99. The maximum Gasteiger partial charge on any atom is 0.229 e.